The van der Waals surface area contributed by atoms with Crippen molar-refractivity contribution >= 4 is 32.8 Å². The molecule has 6 heteroatoms. The smallest absolute Gasteiger partial charge is 0.188 e. The molecule has 234 valence electrons. The van der Waals surface area contributed by atoms with Gasteiger partial charge in [0.15, 0.2) is 17.4 Å². The average molecular weight is 793 g/mol. The minimum Gasteiger partial charge on any atom is -0.508 e. The average Bonchev–Trinajstić information content (AvgIpc) is 3.60. The molecule has 0 atom stereocenters. The Bertz CT molecular complexity index is 2370. The maximum atomic E-state index is 6.46. The van der Waals surface area contributed by atoms with Gasteiger partial charge >= 0.3 is 0 Å². The van der Waals surface area contributed by atoms with Crippen LogP contribution in [-0.2, 0) is 33.0 Å². The molecule has 0 radical (unpaired) electrons. The molecule has 3 aromatic heterocycles. The van der Waals surface area contributed by atoms with Gasteiger partial charge in [-0.15, -0.1) is 29.7 Å². The van der Waals surface area contributed by atoms with Crippen molar-refractivity contribution in [3.63, 3.8) is 0 Å². The standard InChI is InChI=1S/C41H33N4O.Pt/c1-41(2,3)30-22-23-42-40(24-30)45-36-17-8-7-16-34(36)35-21-20-33(26-39(35)45)46-32-15-11-14-31(25-32)44-28-43(27-29-12-5-4-6-13-29)37-18-9-10-19-38(37)44;/h4-24,28H,27H2,1-3H3;/q-1;. The van der Waals surface area contributed by atoms with Crippen LogP contribution in [0.15, 0.2) is 134 Å². The van der Waals surface area contributed by atoms with Gasteiger partial charge in [-0.2, -0.15) is 12.1 Å². The third kappa shape index (κ3) is 5.77. The molecular weight excluding hydrogens is 760 g/mol. The molecule has 0 bridgehead atoms. The maximum Gasteiger partial charge on any atom is 0.188 e. The minimum atomic E-state index is 0. The van der Waals surface area contributed by atoms with E-state index in [2.05, 4.69) is 150 Å². The van der Waals surface area contributed by atoms with Crippen LogP contribution in [0.3, 0.4) is 0 Å². The van der Waals surface area contributed by atoms with Crippen molar-refractivity contribution in [2.24, 2.45) is 0 Å². The van der Waals surface area contributed by atoms with Gasteiger partial charge in [-0.25, -0.2) is 14.1 Å². The van der Waals surface area contributed by atoms with Gasteiger partial charge in [0.25, 0.3) is 0 Å². The molecule has 5 aromatic carbocycles. The summed E-state index contributed by atoms with van der Waals surface area (Å²) in [7, 11) is 0. The van der Waals surface area contributed by atoms with Crippen molar-refractivity contribution in [1.82, 2.24) is 18.7 Å². The molecule has 0 saturated carbocycles. The summed E-state index contributed by atoms with van der Waals surface area (Å²) in [6.45, 7) is 7.45. The van der Waals surface area contributed by atoms with Crippen LogP contribution in [0.1, 0.15) is 31.9 Å². The van der Waals surface area contributed by atoms with E-state index in [1.165, 1.54) is 11.1 Å². The summed E-state index contributed by atoms with van der Waals surface area (Å²) in [5, 5.41) is 2.26. The van der Waals surface area contributed by atoms with Crippen LogP contribution in [0.25, 0.3) is 44.3 Å². The number of para-hydroxylation sites is 3. The van der Waals surface area contributed by atoms with E-state index in [9.17, 15) is 0 Å². The molecule has 0 aliphatic heterocycles. The van der Waals surface area contributed by atoms with E-state index in [0.717, 1.165) is 50.9 Å². The Morgan fingerprint density at radius 2 is 1.43 bits per heavy atom. The number of ether oxygens (including phenoxy) is 1. The van der Waals surface area contributed by atoms with Gasteiger partial charge in [0.05, 0.1) is 6.54 Å². The fourth-order valence-electron chi connectivity index (χ4n) is 6.21. The van der Waals surface area contributed by atoms with E-state index < -0.39 is 0 Å². The number of rotatable bonds is 6. The minimum absolute atomic E-state index is 0. The molecule has 0 amide bonds. The zero-order chi connectivity index (χ0) is 31.3. The first kappa shape index (κ1) is 30.7. The monoisotopic (exact) mass is 792 g/mol. The van der Waals surface area contributed by atoms with E-state index in [1.54, 1.807) is 0 Å². The Balaban J connectivity index is 0.00000351. The van der Waals surface area contributed by atoms with Crippen LogP contribution < -0.4 is 4.74 Å². The zero-order valence-electron chi connectivity index (χ0n) is 26.4. The van der Waals surface area contributed by atoms with E-state index in [0.29, 0.717) is 11.5 Å². The number of imidazole rings is 1. The molecule has 0 saturated heterocycles. The van der Waals surface area contributed by atoms with Crippen LogP contribution >= 0.6 is 0 Å². The van der Waals surface area contributed by atoms with E-state index >= 15 is 0 Å². The van der Waals surface area contributed by atoms with Crippen molar-refractivity contribution in [3.8, 4) is 23.0 Å². The van der Waals surface area contributed by atoms with Crippen molar-refractivity contribution in [3.05, 3.63) is 157 Å². The molecule has 5 nitrogen and oxygen atoms in total. The third-order valence-electron chi connectivity index (χ3n) is 8.53. The first-order valence-corrected chi connectivity index (χ1v) is 15.6. The largest absolute Gasteiger partial charge is 0.508 e. The van der Waals surface area contributed by atoms with Crippen LogP contribution in [-0.4, -0.2) is 18.7 Å². The topological polar surface area (TPSA) is 36.9 Å². The maximum absolute atomic E-state index is 6.46. The number of fused-ring (bicyclic) bond motifs is 4. The molecular formula is C41H33N4OPt-. The Kier molecular flexibility index (Phi) is 8.03. The van der Waals surface area contributed by atoms with Gasteiger partial charge in [-0.1, -0.05) is 80.9 Å². The Hall–Kier alpha value is -4.99. The van der Waals surface area contributed by atoms with Crippen LogP contribution in [0.2, 0.25) is 0 Å². The molecule has 3 heterocycles. The van der Waals surface area contributed by atoms with Crippen LogP contribution in [0.4, 0.5) is 0 Å². The quantitative estimate of drug-likeness (QED) is 0.157. The fourth-order valence-corrected chi connectivity index (χ4v) is 6.21. The fraction of sp³-hybridized carbons (Fsp3) is 0.122. The van der Waals surface area contributed by atoms with Gasteiger partial charge in [-0.05, 0) is 52.3 Å². The number of aromatic nitrogens is 4. The number of hydrogen-bond acceptors (Lipinski definition) is 2. The molecule has 0 N–H and O–H groups in total. The summed E-state index contributed by atoms with van der Waals surface area (Å²) in [4.78, 5) is 4.80. The Morgan fingerprint density at radius 3 is 2.23 bits per heavy atom. The summed E-state index contributed by atoms with van der Waals surface area (Å²) in [5.74, 6) is 2.10. The van der Waals surface area contributed by atoms with E-state index in [-0.39, 0.29) is 26.5 Å². The number of nitrogens with zero attached hydrogens (tertiary/aromatic N) is 4. The zero-order valence-corrected chi connectivity index (χ0v) is 28.7. The van der Waals surface area contributed by atoms with Gasteiger partial charge in [-0.3, -0.25) is 0 Å². The molecule has 0 spiro atoms. The van der Waals surface area contributed by atoms with Gasteiger partial charge in [0.1, 0.15) is 5.82 Å². The normalized spacial score (nSPS) is 11.6. The summed E-state index contributed by atoms with van der Waals surface area (Å²) < 4.78 is 13.1. The van der Waals surface area contributed by atoms with Crippen LogP contribution in [0, 0.1) is 12.1 Å². The Labute approximate surface area is 289 Å². The second-order valence-corrected chi connectivity index (χ2v) is 12.7. The summed E-state index contributed by atoms with van der Waals surface area (Å²) in [5.41, 5.74) is 7.65. The predicted octanol–water partition coefficient (Wildman–Crippen LogP) is 9.94. The predicted molar refractivity (Wildman–Crippen MR) is 186 cm³/mol. The second-order valence-electron chi connectivity index (χ2n) is 12.7. The van der Waals surface area contributed by atoms with Crippen molar-refractivity contribution < 1.29 is 25.8 Å². The van der Waals surface area contributed by atoms with Crippen LogP contribution in [0.5, 0.6) is 11.5 Å². The first-order chi connectivity index (χ1) is 22.4. The van der Waals surface area contributed by atoms with E-state index in [4.69, 9.17) is 9.72 Å². The number of benzene rings is 5. The van der Waals surface area contributed by atoms with Gasteiger partial charge in [0.2, 0.25) is 0 Å². The second kappa shape index (κ2) is 12.3. The summed E-state index contributed by atoms with van der Waals surface area (Å²) in [6.07, 6.45) is 4.04. The summed E-state index contributed by atoms with van der Waals surface area (Å²) >= 11 is 0. The third-order valence-corrected chi connectivity index (χ3v) is 8.53. The van der Waals surface area contributed by atoms with Crippen molar-refractivity contribution in [2.45, 2.75) is 32.7 Å². The number of hydrogen-bond donors (Lipinski definition) is 0. The molecule has 8 rings (SSSR count). The van der Waals surface area contributed by atoms with Crippen molar-refractivity contribution in [1.29, 1.82) is 0 Å². The molecule has 47 heavy (non-hydrogen) atoms. The van der Waals surface area contributed by atoms with Gasteiger partial charge in [0, 0.05) is 62.1 Å². The molecule has 0 aliphatic carbocycles. The van der Waals surface area contributed by atoms with E-state index in [1.807, 2.05) is 30.5 Å². The Morgan fingerprint density at radius 1 is 0.702 bits per heavy atom. The first-order valence-electron chi connectivity index (χ1n) is 15.6. The summed E-state index contributed by atoms with van der Waals surface area (Å²) in [6, 6.07) is 48.9. The molecule has 8 aromatic rings. The molecule has 0 aliphatic rings. The number of pyridine rings is 1. The SMILES string of the molecule is CC(C)(C)c1ccnc(-n2c3[c-]c(Oc4[c-]c(-n5[cH+]n(Cc6ccccc6)c6ccccc65)ccc4)ccc3c3ccccc32)c1.[Pt]. The molecule has 0 fully saturated rings. The van der Waals surface area contributed by atoms with Gasteiger partial charge < -0.3 is 9.30 Å². The van der Waals surface area contributed by atoms with Crippen molar-refractivity contribution in [2.75, 3.05) is 0 Å². The molecule has 0 unspecified atom stereocenters.